The van der Waals surface area contributed by atoms with E-state index in [9.17, 15) is 4.79 Å². The minimum absolute atomic E-state index is 0.147. The normalized spacial score (nSPS) is 13.5. The van der Waals surface area contributed by atoms with Gasteiger partial charge in [-0.05, 0) is 12.1 Å². The molecule has 3 nitrogen and oxygen atoms in total. The molecule has 1 aliphatic heterocycles. The van der Waals surface area contributed by atoms with E-state index in [2.05, 4.69) is 28.6 Å². The molecule has 0 spiro atoms. The van der Waals surface area contributed by atoms with Gasteiger partial charge in [-0.1, -0.05) is 54.2 Å². The highest BCUT2D eigenvalue weighted by molar-refractivity contribution is 8.01. The maximum atomic E-state index is 12.7. The van der Waals surface area contributed by atoms with Gasteiger partial charge in [0.05, 0.1) is 17.1 Å². The Morgan fingerprint density at radius 1 is 1.12 bits per heavy atom. The molecule has 0 aliphatic carbocycles. The van der Waals surface area contributed by atoms with Crippen molar-refractivity contribution < 1.29 is 4.79 Å². The van der Waals surface area contributed by atoms with Gasteiger partial charge in [0.15, 0.2) is 4.34 Å². The monoisotopic (exact) mass is 384 g/mol. The number of thioether (sulfide) groups is 2. The van der Waals surface area contributed by atoms with Crippen molar-refractivity contribution in [1.29, 1.82) is 0 Å². The lowest BCUT2D eigenvalue weighted by Gasteiger charge is -2.28. The third-order valence-electron chi connectivity index (χ3n) is 3.90. The number of carbonyl (C=O) groups is 1. The number of fused-ring (bicyclic) bond motifs is 1. The van der Waals surface area contributed by atoms with Gasteiger partial charge >= 0.3 is 0 Å². The molecule has 2 heterocycles. The van der Waals surface area contributed by atoms with E-state index in [1.807, 2.05) is 53.1 Å². The van der Waals surface area contributed by atoms with Crippen molar-refractivity contribution in [3.63, 3.8) is 0 Å². The zero-order valence-corrected chi connectivity index (χ0v) is 15.9. The van der Waals surface area contributed by atoms with Crippen molar-refractivity contribution in [1.82, 2.24) is 4.98 Å². The van der Waals surface area contributed by atoms with Gasteiger partial charge < -0.3 is 4.90 Å². The molecule has 1 aromatic heterocycles. The predicted octanol–water partition coefficient (Wildman–Crippen LogP) is 5.04. The first-order valence-electron chi connectivity index (χ1n) is 7.97. The van der Waals surface area contributed by atoms with Crippen LogP contribution in [0.5, 0.6) is 0 Å². The summed E-state index contributed by atoms with van der Waals surface area (Å²) in [5, 5.41) is 2.05. The minimum atomic E-state index is 0.147. The molecule has 0 unspecified atom stereocenters. The Labute approximate surface area is 159 Å². The molecule has 4 rings (SSSR count). The molecule has 0 saturated heterocycles. The average Bonchev–Trinajstić information content (AvgIpc) is 3.15. The van der Waals surface area contributed by atoms with Crippen LogP contribution in [0.15, 0.2) is 69.2 Å². The van der Waals surface area contributed by atoms with Gasteiger partial charge in [-0.15, -0.1) is 23.1 Å². The van der Waals surface area contributed by atoms with Gasteiger partial charge in [-0.3, -0.25) is 4.79 Å². The summed E-state index contributed by atoms with van der Waals surface area (Å²) in [6.07, 6.45) is 0. The standard InChI is InChI=1S/C19H16N2OS3/c22-18(21-10-11-23-17-9-5-4-8-16(17)21)13-25-19-20-15(12-24-19)14-6-2-1-3-7-14/h1-9,12H,10-11,13H2. The highest BCUT2D eigenvalue weighted by atomic mass is 32.2. The number of carbonyl (C=O) groups excluding carboxylic acids is 1. The summed E-state index contributed by atoms with van der Waals surface area (Å²) in [6, 6.07) is 18.3. The van der Waals surface area contributed by atoms with Crippen molar-refractivity contribution in [2.75, 3.05) is 23.0 Å². The molecule has 1 aliphatic rings. The summed E-state index contributed by atoms with van der Waals surface area (Å²) < 4.78 is 0.937. The van der Waals surface area contributed by atoms with Crippen LogP contribution in [0.4, 0.5) is 5.69 Å². The van der Waals surface area contributed by atoms with Crippen LogP contribution in [0, 0.1) is 0 Å². The second-order valence-electron chi connectivity index (χ2n) is 5.51. The number of aromatic nitrogens is 1. The molecule has 0 N–H and O–H groups in total. The Morgan fingerprint density at radius 3 is 2.80 bits per heavy atom. The van der Waals surface area contributed by atoms with Gasteiger partial charge in [-0.2, -0.15) is 0 Å². The van der Waals surface area contributed by atoms with E-state index in [0.29, 0.717) is 5.75 Å². The van der Waals surface area contributed by atoms with E-state index in [4.69, 9.17) is 0 Å². The number of hydrogen-bond donors (Lipinski definition) is 0. The second kappa shape index (κ2) is 7.64. The number of benzene rings is 2. The Kier molecular flexibility index (Phi) is 5.10. The van der Waals surface area contributed by atoms with E-state index in [0.717, 1.165) is 33.6 Å². The maximum absolute atomic E-state index is 12.7. The van der Waals surface area contributed by atoms with Crippen LogP contribution in [0.1, 0.15) is 0 Å². The Morgan fingerprint density at radius 2 is 1.92 bits per heavy atom. The third kappa shape index (κ3) is 3.76. The fourth-order valence-electron chi connectivity index (χ4n) is 2.70. The number of thiazole rings is 1. The van der Waals surface area contributed by atoms with Crippen LogP contribution in [0.2, 0.25) is 0 Å². The molecular weight excluding hydrogens is 368 g/mol. The Balaban J connectivity index is 1.42. The first-order valence-corrected chi connectivity index (χ1v) is 10.8. The highest BCUT2D eigenvalue weighted by Crippen LogP contribution is 2.35. The van der Waals surface area contributed by atoms with E-state index in [1.165, 1.54) is 16.7 Å². The first-order chi connectivity index (χ1) is 12.3. The highest BCUT2D eigenvalue weighted by Gasteiger charge is 2.22. The lowest BCUT2D eigenvalue weighted by Crippen LogP contribution is -2.36. The summed E-state index contributed by atoms with van der Waals surface area (Å²) in [5.41, 5.74) is 3.12. The zero-order valence-electron chi connectivity index (χ0n) is 13.4. The number of para-hydroxylation sites is 1. The first kappa shape index (κ1) is 16.7. The van der Waals surface area contributed by atoms with E-state index < -0.39 is 0 Å². The second-order valence-corrected chi connectivity index (χ2v) is 8.73. The summed E-state index contributed by atoms with van der Waals surface area (Å²) >= 11 is 4.93. The van der Waals surface area contributed by atoms with E-state index >= 15 is 0 Å². The van der Waals surface area contributed by atoms with Crippen LogP contribution in [-0.4, -0.2) is 28.9 Å². The third-order valence-corrected chi connectivity index (χ3v) is 6.95. The van der Waals surface area contributed by atoms with E-state index in [1.54, 1.807) is 11.3 Å². The van der Waals surface area contributed by atoms with Gasteiger partial charge in [0.25, 0.3) is 0 Å². The topological polar surface area (TPSA) is 33.2 Å². The minimum Gasteiger partial charge on any atom is -0.310 e. The van der Waals surface area contributed by atoms with Crippen molar-refractivity contribution in [3.8, 4) is 11.3 Å². The van der Waals surface area contributed by atoms with Gasteiger partial charge in [0.2, 0.25) is 5.91 Å². The van der Waals surface area contributed by atoms with E-state index in [-0.39, 0.29) is 5.91 Å². The molecule has 6 heteroatoms. The molecule has 25 heavy (non-hydrogen) atoms. The molecule has 2 aromatic carbocycles. The number of nitrogens with zero attached hydrogens (tertiary/aromatic N) is 2. The van der Waals surface area contributed by atoms with Gasteiger partial charge in [0.1, 0.15) is 0 Å². The SMILES string of the molecule is O=C(CSc1nc(-c2ccccc2)cs1)N1CCSc2ccccc21. The molecule has 0 fully saturated rings. The zero-order chi connectivity index (χ0) is 17.1. The summed E-state index contributed by atoms with van der Waals surface area (Å²) in [7, 11) is 0. The smallest absolute Gasteiger partial charge is 0.237 e. The Bertz CT molecular complexity index is 879. The molecule has 1 amide bonds. The van der Waals surface area contributed by atoms with Gasteiger partial charge in [-0.25, -0.2) is 4.98 Å². The average molecular weight is 385 g/mol. The fourth-order valence-corrected chi connectivity index (χ4v) is 5.40. The van der Waals surface area contributed by atoms with Crippen molar-refractivity contribution in [2.45, 2.75) is 9.24 Å². The quantitative estimate of drug-likeness (QED) is 0.590. The molecule has 0 saturated carbocycles. The van der Waals surface area contributed by atoms with Crippen LogP contribution in [-0.2, 0) is 4.79 Å². The molecule has 0 radical (unpaired) electrons. The summed E-state index contributed by atoms with van der Waals surface area (Å²) in [5.74, 6) is 1.51. The van der Waals surface area contributed by atoms with Crippen molar-refractivity contribution in [3.05, 3.63) is 60.0 Å². The molecule has 0 atom stereocenters. The van der Waals surface area contributed by atoms with Crippen LogP contribution >= 0.6 is 34.9 Å². The predicted molar refractivity (Wildman–Crippen MR) is 108 cm³/mol. The number of rotatable bonds is 4. The molecule has 3 aromatic rings. The van der Waals surface area contributed by atoms with Crippen molar-refractivity contribution in [2.24, 2.45) is 0 Å². The van der Waals surface area contributed by atoms with Crippen molar-refractivity contribution >= 4 is 46.5 Å². The number of amides is 1. The van der Waals surface area contributed by atoms with Crippen LogP contribution in [0.3, 0.4) is 0 Å². The molecular formula is C19H16N2OS3. The summed E-state index contributed by atoms with van der Waals surface area (Å²) in [4.78, 5) is 20.4. The largest absolute Gasteiger partial charge is 0.310 e. The number of anilines is 1. The van der Waals surface area contributed by atoms with Crippen LogP contribution in [0.25, 0.3) is 11.3 Å². The lowest BCUT2D eigenvalue weighted by atomic mass is 10.2. The summed E-state index contributed by atoms with van der Waals surface area (Å²) in [6.45, 7) is 0.772. The number of hydrogen-bond acceptors (Lipinski definition) is 5. The molecule has 0 bridgehead atoms. The molecule has 126 valence electrons. The van der Waals surface area contributed by atoms with Gasteiger partial charge in [0, 0.05) is 28.1 Å². The fraction of sp³-hybridized carbons (Fsp3) is 0.158. The Hall–Kier alpha value is -1.76. The maximum Gasteiger partial charge on any atom is 0.237 e. The lowest BCUT2D eigenvalue weighted by molar-refractivity contribution is -0.116. The van der Waals surface area contributed by atoms with Crippen LogP contribution < -0.4 is 4.90 Å².